The summed E-state index contributed by atoms with van der Waals surface area (Å²) in [6, 6.07) is 9.04. The van der Waals surface area contributed by atoms with Crippen LogP contribution in [0.3, 0.4) is 0 Å². The summed E-state index contributed by atoms with van der Waals surface area (Å²) >= 11 is 3.40. The van der Waals surface area contributed by atoms with Crippen molar-refractivity contribution in [3.05, 3.63) is 69.2 Å². The molecule has 19 heavy (non-hydrogen) atoms. The van der Waals surface area contributed by atoms with Crippen molar-refractivity contribution in [2.75, 3.05) is 0 Å². The van der Waals surface area contributed by atoms with Crippen LogP contribution in [0.4, 0.5) is 8.78 Å². The average Bonchev–Trinajstić information content (AvgIpc) is 2.30. The van der Waals surface area contributed by atoms with E-state index in [-0.39, 0.29) is 6.04 Å². The van der Waals surface area contributed by atoms with Gasteiger partial charge in [-0.3, -0.25) is 0 Å². The first-order chi connectivity index (χ1) is 8.95. The highest BCUT2D eigenvalue weighted by Gasteiger charge is 2.12. The molecule has 0 bridgehead atoms. The smallest absolute Gasteiger partial charge is 0.126 e. The Morgan fingerprint density at radius 2 is 1.74 bits per heavy atom. The molecule has 100 valence electrons. The van der Waals surface area contributed by atoms with E-state index in [1.807, 2.05) is 25.1 Å². The van der Waals surface area contributed by atoms with Crippen LogP contribution >= 0.6 is 15.9 Å². The minimum Gasteiger partial charge on any atom is -0.324 e. The number of nitrogens with two attached hydrogens (primary N) is 1. The van der Waals surface area contributed by atoms with Crippen LogP contribution in [0.15, 0.2) is 40.9 Å². The van der Waals surface area contributed by atoms with Gasteiger partial charge in [0.25, 0.3) is 0 Å². The molecule has 2 rings (SSSR count). The highest BCUT2D eigenvalue weighted by molar-refractivity contribution is 9.10. The summed E-state index contributed by atoms with van der Waals surface area (Å²) in [4.78, 5) is 0. The number of halogens is 3. The minimum absolute atomic E-state index is 0.293. The van der Waals surface area contributed by atoms with Gasteiger partial charge in [0.2, 0.25) is 0 Å². The highest BCUT2D eigenvalue weighted by atomic mass is 79.9. The van der Waals surface area contributed by atoms with Gasteiger partial charge in [0, 0.05) is 16.6 Å². The Bertz CT molecular complexity index is 578. The monoisotopic (exact) mass is 325 g/mol. The van der Waals surface area contributed by atoms with Crippen molar-refractivity contribution in [3.63, 3.8) is 0 Å². The lowest BCUT2D eigenvalue weighted by Gasteiger charge is -2.15. The summed E-state index contributed by atoms with van der Waals surface area (Å²) in [5, 5.41) is 0. The molecule has 4 heteroatoms. The Morgan fingerprint density at radius 1 is 1.11 bits per heavy atom. The molecule has 0 aliphatic carbocycles. The molecule has 0 fully saturated rings. The van der Waals surface area contributed by atoms with Crippen molar-refractivity contribution in [2.24, 2.45) is 5.73 Å². The maximum absolute atomic E-state index is 13.1. The zero-order valence-electron chi connectivity index (χ0n) is 10.5. The second kappa shape index (κ2) is 5.80. The Hall–Kier alpha value is -1.26. The molecule has 0 aromatic heterocycles. The van der Waals surface area contributed by atoms with Crippen LogP contribution in [0.1, 0.15) is 22.7 Å². The van der Waals surface area contributed by atoms with Crippen molar-refractivity contribution in [3.8, 4) is 0 Å². The number of rotatable bonds is 3. The van der Waals surface area contributed by atoms with Crippen LogP contribution in [-0.4, -0.2) is 0 Å². The molecule has 0 unspecified atom stereocenters. The van der Waals surface area contributed by atoms with Crippen LogP contribution in [0.5, 0.6) is 0 Å². The van der Waals surface area contributed by atoms with Crippen LogP contribution in [-0.2, 0) is 6.42 Å². The molecular weight excluding hydrogens is 312 g/mol. The number of aryl methyl sites for hydroxylation is 1. The molecule has 0 heterocycles. The summed E-state index contributed by atoms with van der Waals surface area (Å²) in [6.45, 7) is 1.97. The Kier molecular flexibility index (Phi) is 4.32. The highest BCUT2D eigenvalue weighted by Crippen LogP contribution is 2.24. The molecule has 0 saturated heterocycles. The Balaban J connectivity index is 2.25. The van der Waals surface area contributed by atoms with Crippen LogP contribution in [0, 0.1) is 18.6 Å². The van der Waals surface area contributed by atoms with Gasteiger partial charge in [-0.25, -0.2) is 8.78 Å². The molecule has 1 atom stereocenters. The predicted octanol–water partition coefficient (Wildman–Crippen LogP) is 4.28. The van der Waals surface area contributed by atoms with E-state index in [2.05, 4.69) is 15.9 Å². The van der Waals surface area contributed by atoms with E-state index in [9.17, 15) is 8.78 Å². The molecule has 2 N–H and O–H groups in total. The summed E-state index contributed by atoms with van der Waals surface area (Å²) in [5.41, 5.74) is 8.72. The maximum atomic E-state index is 13.1. The lowest BCUT2D eigenvalue weighted by atomic mass is 9.96. The zero-order chi connectivity index (χ0) is 14.0. The lowest BCUT2D eigenvalue weighted by Crippen LogP contribution is -2.15. The predicted molar refractivity (Wildman–Crippen MR) is 75.9 cm³/mol. The van der Waals surface area contributed by atoms with Crippen LogP contribution in [0.2, 0.25) is 0 Å². The molecule has 0 aliphatic rings. The quantitative estimate of drug-likeness (QED) is 0.895. The third-order valence-corrected chi connectivity index (χ3v) is 3.51. The largest absolute Gasteiger partial charge is 0.324 e. The van der Waals surface area contributed by atoms with Crippen molar-refractivity contribution in [1.82, 2.24) is 0 Å². The summed E-state index contributed by atoms with van der Waals surface area (Å²) in [5.74, 6) is -1.15. The van der Waals surface area contributed by atoms with E-state index in [1.165, 1.54) is 12.1 Å². The fourth-order valence-electron chi connectivity index (χ4n) is 2.10. The normalized spacial score (nSPS) is 12.5. The van der Waals surface area contributed by atoms with Gasteiger partial charge in [0.1, 0.15) is 11.6 Å². The molecule has 2 aromatic rings. The van der Waals surface area contributed by atoms with Gasteiger partial charge < -0.3 is 5.73 Å². The average molecular weight is 326 g/mol. The van der Waals surface area contributed by atoms with Crippen LogP contribution < -0.4 is 5.73 Å². The molecule has 2 aromatic carbocycles. The number of benzene rings is 2. The topological polar surface area (TPSA) is 26.0 Å². The molecule has 0 amide bonds. The Morgan fingerprint density at radius 3 is 2.37 bits per heavy atom. The summed E-state index contributed by atoms with van der Waals surface area (Å²) in [7, 11) is 0. The number of hydrogen-bond donors (Lipinski definition) is 1. The van der Waals surface area contributed by atoms with Gasteiger partial charge in [-0.2, -0.15) is 0 Å². The molecule has 0 aliphatic heterocycles. The van der Waals surface area contributed by atoms with E-state index in [0.29, 0.717) is 12.0 Å². The minimum atomic E-state index is -0.576. The van der Waals surface area contributed by atoms with Gasteiger partial charge >= 0.3 is 0 Å². The third kappa shape index (κ3) is 3.61. The first-order valence-electron chi connectivity index (χ1n) is 5.92. The van der Waals surface area contributed by atoms with Crippen molar-refractivity contribution >= 4 is 15.9 Å². The van der Waals surface area contributed by atoms with E-state index in [1.54, 1.807) is 0 Å². The van der Waals surface area contributed by atoms with Gasteiger partial charge in [0.15, 0.2) is 0 Å². The first kappa shape index (κ1) is 14.2. The van der Waals surface area contributed by atoms with E-state index in [0.717, 1.165) is 21.7 Å². The van der Waals surface area contributed by atoms with Crippen molar-refractivity contribution in [1.29, 1.82) is 0 Å². The fraction of sp³-hybridized carbons (Fsp3) is 0.200. The van der Waals surface area contributed by atoms with E-state index >= 15 is 0 Å². The third-order valence-electron chi connectivity index (χ3n) is 3.02. The SMILES string of the molecule is Cc1ccc(Br)cc1[C@@H](N)Cc1cc(F)cc(F)c1. The maximum Gasteiger partial charge on any atom is 0.126 e. The lowest BCUT2D eigenvalue weighted by molar-refractivity contribution is 0.576. The molecule has 0 saturated carbocycles. The van der Waals surface area contributed by atoms with E-state index in [4.69, 9.17) is 5.73 Å². The van der Waals surface area contributed by atoms with Gasteiger partial charge in [0.05, 0.1) is 0 Å². The molecule has 1 nitrogen and oxygen atoms in total. The second-order valence-electron chi connectivity index (χ2n) is 4.59. The van der Waals surface area contributed by atoms with Gasteiger partial charge in [-0.05, 0) is 54.3 Å². The number of hydrogen-bond acceptors (Lipinski definition) is 1. The molecule has 0 radical (unpaired) electrons. The molecular formula is C15H14BrF2N. The zero-order valence-corrected chi connectivity index (χ0v) is 12.0. The summed E-state index contributed by atoms with van der Waals surface area (Å²) < 4.78 is 27.2. The van der Waals surface area contributed by atoms with E-state index < -0.39 is 11.6 Å². The standard InChI is InChI=1S/C15H14BrF2N/c1-9-2-3-11(16)7-14(9)15(19)6-10-4-12(17)8-13(18)5-10/h2-5,7-8,15H,6,19H2,1H3/t15-/m0/s1. The van der Waals surface area contributed by atoms with Crippen molar-refractivity contribution in [2.45, 2.75) is 19.4 Å². The summed E-state index contributed by atoms with van der Waals surface area (Å²) in [6.07, 6.45) is 0.395. The molecule has 0 spiro atoms. The Labute approximate surface area is 119 Å². The fourth-order valence-corrected chi connectivity index (χ4v) is 2.48. The first-order valence-corrected chi connectivity index (χ1v) is 6.71. The second-order valence-corrected chi connectivity index (χ2v) is 5.50. The van der Waals surface area contributed by atoms with Gasteiger partial charge in [-0.15, -0.1) is 0 Å². The van der Waals surface area contributed by atoms with Crippen molar-refractivity contribution < 1.29 is 8.78 Å². The van der Waals surface area contributed by atoms with Gasteiger partial charge in [-0.1, -0.05) is 22.0 Å². The van der Waals surface area contributed by atoms with Crippen LogP contribution in [0.25, 0.3) is 0 Å².